The van der Waals surface area contributed by atoms with Gasteiger partial charge in [0.2, 0.25) is 0 Å². The number of amides is 1. The molecule has 2 aromatic heterocycles. The van der Waals surface area contributed by atoms with Crippen LogP contribution in [0.4, 0.5) is 0 Å². The van der Waals surface area contributed by atoms with E-state index in [-0.39, 0.29) is 17.0 Å². The van der Waals surface area contributed by atoms with E-state index in [4.69, 9.17) is 9.47 Å². The molecule has 0 atom stereocenters. The summed E-state index contributed by atoms with van der Waals surface area (Å²) in [5, 5.41) is 1.77. The fraction of sp³-hybridized carbons (Fsp3) is 0.278. The average Bonchev–Trinajstić information content (AvgIpc) is 3.16. The van der Waals surface area contributed by atoms with Crippen LogP contribution >= 0.6 is 11.3 Å². The van der Waals surface area contributed by atoms with E-state index >= 15 is 0 Å². The Hall–Kier alpha value is -2.87. The molecule has 0 spiro atoms. The molecule has 0 bridgehead atoms. The topological polar surface area (TPSA) is 73.1 Å². The van der Waals surface area contributed by atoms with Crippen LogP contribution in [-0.2, 0) is 13.0 Å². The molecule has 0 aliphatic carbocycles. The molecular formula is C18H17N3O4S. The van der Waals surface area contributed by atoms with E-state index in [0.717, 1.165) is 11.1 Å². The van der Waals surface area contributed by atoms with Crippen molar-refractivity contribution in [2.24, 2.45) is 0 Å². The molecule has 8 heteroatoms. The van der Waals surface area contributed by atoms with Crippen molar-refractivity contribution in [2.75, 3.05) is 20.8 Å². The van der Waals surface area contributed by atoms with Gasteiger partial charge in [-0.1, -0.05) is 0 Å². The highest BCUT2D eigenvalue weighted by molar-refractivity contribution is 7.15. The van der Waals surface area contributed by atoms with Gasteiger partial charge in [-0.15, -0.1) is 11.3 Å². The SMILES string of the molecule is COc1cc2c(cc1OC)CN(C(=O)c1cnc3sccn3c1=O)CC2. The number of methoxy groups -OCH3 is 2. The normalized spacial score (nSPS) is 13.5. The van der Waals surface area contributed by atoms with E-state index in [1.54, 1.807) is 30.7 Å². The van der Waals surface area contributed by atoms with Crippen LogP contribution in [0.3, 0.4) is 0 Å². The molecule has 0 saturated heterocycles. The molecule has 7 nitrogen and oxygen atoms in total. The Balaban J connectivity index is 1.66. The van der Waals surface area contributed by atoms with Crippen molar-refractivity contribution >= 4 is 22.2 Å². The Morgan fingerprint density at radius 2 is 1.92 bits per heavy atom. The zero-order valence-electron chi connectivity index (χ0n) is 14.4. The first-order valence-electron chi connectivity index (χ1n) is 8.10. The number of benzene rings is 1. The molecule has 0 N–H and O–H groups in total. The first-order valence-corrected chi connectivity index (χ1v) is 8.98. The highest BCUT2D eigenvalue weighted by atomic mass is 32.1. The van der Waals surface area contributed by atoms with E-state index in [2.05, 4.69) is 4.98 Å². The third-order valence-corrected chi connectivity index (χ3v) is 5.35. The van der Waals surface area contributed by atoms with E-state index in [1.807, 2.05) is 12.1 Å². The van der Waals surface area contributed by atoms with E-state index < -0.39 is 0 Å². The highest BCUT2D eigenvalue weighted by Gasteiger charge is 2.26. The summed E-state index contributed by atoms with van der Waals surface area (Å²) in [5.74, 6) is 1.00. The molecule has 1 aliphatic rings. The molecule has 3 heterocycles. The van der Waals surface area contributed by atoms with Crippen LogP contribution in [0.1, 0.15) is 21.5 Å². The Morgan fingerprint density at radius 1 is 1.19 bits per heavy atom. The summed E-state index contributed by atoms with van der Waals surface area (Å²) in [6.45, 7) is 0.952. The fourth-order valence-electron chi connectivity index (χ4n) is 3.20. The summed E-state index contributed by atoms with van der Waals surface area (Å²) in [6.07, 6.45) is 3.70. The lowest BCUT2D eigenvalue weighted by Crippen LogP contribution is -2.39. The van der Waals surface area contributed by atoms with Crippen molar-refractivity contribution in [2.45, 2.75) is 13.0 Å². The summed E-state index contributed by atoms with van der Waals surface area (Å²) in [6, 6.07) is 3.84. The molecule has 1 amide bonds. The molecule has 0 unspecified atom stereocenters. The smallest absolute Gasteiger partial charge is 0.271 e. The van der Waals surface area contributed by atoms with E-state index in [0.29, 0.717) is 36.0 Å². The van der Waals surface area contributed by atoms with Gasteiger partial charge in [0.05, 0.1) is 14.2 Å². The number of aromatic nitrogens is 2. The second-order valence-corrected chi connectivity index (χ2v) is 6.86. The second kappa shape index (κ2) is 6.45. The quantitative estimate of drug-likeness (QED) is 0.704. The Labute approximate surface area is 153 Å². The molecule has 4 rings (SSSR count). The van der Waals surface area contributed by atoms with Gasteiger partial charge in [-0.05, 0) is 29.7 Å². The van der Waals surface area contributed by atoms with Crippen LogP contribution in [0.5, 0.6) is 11.5 Å². The molecule has 26 heavy (non-hydrogen) atoms. The maximum absolute atomic E-state index is 12.9. The maximum Gasteiger partial charge on any atom is 0.271 e. The fourth-order valence-corrected chi connectivity index (χ4v) is 3.87. The van der Waals surface area contributed by atoms with E-state index in [1.165, 1.54) is 21.9 Å². The first-order chi connectivity index (χ1) is 12.6. The maximum atomic E-state index is 12.9. The van der Waals surface area contributed by atoms with Gasteiger partial charge in [-0.25, -0.2) is 4.98 Å². The number of carbonyl (C=O) groups excluding carboxylic acids is 1. The standard InChI is InChI=1S/C18H17N3O4S/c1-24-14-7-11-3-4-20(10-12(11)8-15(14)25-2)16(22)13-9-19-18-21(17(13)23)5-6-26-18/h5-9H,3-4,10H2,1-2H3. The van der Waals surface area contributed by atoms with Gasteiger partial charge in [0.1, 0.15) is 5.56 Å². The van der Waals surface area contributed by atoms with Crippen LogP contribution in [0, 0.1) is 0 Å². The van der Waals surface area contributed by atoms with Gasteiger partial charge in [-0.3, -0.25) is 14.0 Å². The third-order valence-electron chi connectivity index (χ3n) is 4.58. The van der Waals surface area contributed by atoms with E-state index in [9.17, 15) is 9.59 Å². The van der Waals surface area contributed by atoms with Gasteiger partial charge >= 0.3 is 0 Å². The Morgan fingerprint density at radius 3 is 2.65 bits per heavy atom. The van der Waals surface area contributed by atoms with Crippen LogP contribution < -0.4 is 15.0 Å². The minimum absolute atomic E-state index is 0.0878. The lowest BCUT2D eigenvalue weighted by atomic mass is 9.98. The van der Waals surface area contributed by atoms with Crippen LogP contribution in [0.15, 0.2) is 34.7 Å². The van der Waals surface area contributed by atoms with Crippen molar-refractivity contribution in [1.82, 2.24) is 14.3 Å². The number of ether oxygens (including phenoxy) is 2. The van der Waals surface area contributed by atoms with Gasteiger partial charge < -0.3 is 14.4 Å². The average molecular weight is 371 g/mol. The van der Waals surface area contributed by atoms with Gasteiger partial charge in [0.25, 0.3) is 11.5 Å². The van der Waals surface area contributed by atoms with Gasteiger partial charge in [0.15, 0.2) is 16.5 Å². The molecule has 3 aromatic rings. The lowest BCUT2D eigenvalue weighted by molar-refractivity contribution is 0.0732. The number of rotatable bonds is 3. The number of fused-ring (bicyclic) bond motifs is 2. The first kappa shape index (κ1) is 16.6. The summed E-state index contributed by atoms with van der Waals surface area (Å²) in [5.41, 5.74) is 1.87. The molecule has 0 saturated carbocycles. The number of carbonyl (C=O) groups is 1. The van der Waals surface area contributed by atoms with Crippen molar-refractivity contribution in [3.05, 3.63) is 57.0 Å². The lowest BCUT2D eigenvalue weighted by Gasteiger charge is -2.29. The number of hydrogen-bond donors (Lipinski definition) is 0. The van der Waals surface area contributed by atoms with Crippen LogP contribution in [0.25, 0.3) is 4.96 Å². The summed E-state index contributed by atoms with van der Waals surface area (Å²) < 4.78 is 12.1. The molecule has 134 valence electrons. The molecule has 0 fully saturated rings. The Kier molecular flexibility index (Phi) is 4.12. The predicted octanol–water partition coefficient (Wildman–Crippen LogP) is 1.97. The minimum atomic E-state index is -0.334. The molecule has 1 aromatic carbocycles. The predicted molar refractivity (Wildman–Crippen MR) is 97.3 cm³/mol. The zero-order valence-corrected chi connectivity index (χ0v) is 15.2. The molecule has 0 radical (unpaired) electrons. The number of nitrogens with zero attached hydrogens (tertiary/aromatic N) is 3. The zero-order chi connectivity index (χ0) is 18.3. The van der Waals surface area contributed by atoms with Crippen molar-refractivity contribution < 1.29 is 14.3 Å². The summed E-state index contributed by atoms with van der Waals surface area (Å²) in [7, 11) is 3.18. The molecular weight excluding hydrogens is 354 g/mol. The summed E-state index contributed by atoms with van der Waals surface area (Å²) >= 11 is 1.36. The minimum Gasteiger partial charge on any atom is -0.493 e. The van der Waals surface area contributed by atoms with Crippen molar-refractivity contribution in [1.29, 1.82) is 0 Å². The van der Waals surface area contributed by atoms with Gasteiger partial charge in [0, 0.05) is 30.9 Å². The largest absolute Gasteiger partial charge is 0.493 e. The van der Waals surface area contributed by atoms with Crippen LogP contribution in [0.2, 0.25) is 0 Å². The molecule has 1 aliphatic heterocycles. The number of hydrogen-bond acceptors (Lipinski definition) is 6. The van der Waals surface area contributed by atoms with Crippen molar-refractivity contribution in [3.8, 4) is 11.5 Å². The van der Waals surface area contributed by atoms with Crippen LogP contribution in [-0.4, -0.2) is 41.0 Å². The second-order valence-electron chi connectivity index (χ2n) is 5.99. The monoisotopic (exact) mass is 371 g/mol. The Bertz CT molecular complexity index is 1060. The van der Waals surface area contributed by atoms with Crippen molar-refractivity contribution in [3.63, 3.8) is 0 Å². The third kappa shape index (κ3) is 2.62. The van der Waals surface area contributed by atoms with Gasteiger partial charge in [-0.2, -0.15) is 0 Å². The number of thiazole rings is 1. The summed E-state index contributed by atoms with van der Waals surface area (Å²) in [4.78, 5) is 31.9. The highest BCUT2D eigenvalue weighted by Crippen LogP contribution is 2.33.